The fourth-order valence-corrected chi connectivity index (χ4v) is 2.64. The van der Waals surface area contributed by atoms with E-state index in [1.165, 1.54) is 29.2 Å². The number of nitrogens with one attached hydrogen (secondary N) is 1. The lowest BCUT2D eigenvalue weighted by molar-refractivity contribution is 0.462. The first-order chi connectivity index (χ1) is 7.95. The molecule has 2 aromatic rings. The summed E-state index contributed by atoms with van der Waals surface area (Å²) in [6, 6.07) is 8.72. The summed E-state index contributed by atoms with van der Waals surface area (Å²) in [7, 11) is 0. The number of hydrogen-bond donors (Lipinski definition) is 1. The molecule has 0 bridgehead atoms. The van der Waals surface area contributed by atoms with E-state index < -0.39 is 0 Å². The topological polar surface area (TPSA) is 24.9 Å². The Hall–Kier alpha value is -0.830. The third kappa shape index (κ3) is 2.94. The van der Waals surface area contributed by atoms with Gasteiger partial charge in [0.2, 0.25) is 0 Å². The standard InChI is InChI=1S/C14H16N2.2ClH/c1-2-12-10-16-9-6-14(12)13(3-1)11-4-7-15-8-5-11;;/h1-3,6,9-11,15H,4-5,7-8H2;2*1H. The van der Waals surface area contributed by atoms with Crippen LogP contribution in [-0.2, 0) is 0 Å². The minimum Gasteiger partial charge on any atom is -0.317 e. The summed E-state index contributed by atoms with van der Waals surface area (Å²) in [6.45, 7) is 2.29. The van der Waals surface area contributed by atoms with Crippen LogP contribution in [0.15, 0.2) is 36.7 Å². The smallest absolute Gasteiger partial charge is 0.0346 e. The zero-order chi connectivity index (χ0) is 10.8. The molecule has 1 saturated heterocycles. The number of piperidine rings is 1. The second kappa shape index (κ2) is 6.93. The number of nitrogens with zero attached hydrogens (tertiary/aromatic N) is 1. The highest BCUT2D eigenvalue weighted by atomic mass is 35.5. The first-order valence-electron chi connectivity index (χ1n) is 5.98. The summed E-state index contributed by atoms with van der Waals surface area (Å²) in [5, 5.41) is 6.06. The van der Waals surface area contributed by atoms with Gasteiger partial charge in [0.25, 0.3) is 0 Å². The van der Waals surface area contributed by atoms with Gasteiger partial charge in [-0.05, 0) is 48.9 Å². The number of pyridine rings is 1. The molecule has 1 aromatic carbocycles. The molecule has 0 atom stereocenters. The van der Waals surface area contributed by atoms with Crippen molar-refractivity contribution in [1.82, 2.24) is 10.3 Å². The molecule has 0 radical (unpaired) electrons. The molecule has 1 aliphatic heterocycles. The van der Waals surface area contributed by atoms with Gasteiger partial charge in [-0.15, -0.1) is 24.8 Å². The van der Waals surface area contributed by atoms with E-state index in [0.29, 0.717) is 5.92 Å². The Labute approximate surface area is 120 Å². The maximum absolute atomic E-state index is 4.19. The minimum atomic E-state index is 0. The van der Waals surface area contributed by atoms with Crippen LogP contribution in [-0.4, -0.2) is 18.1 Å². The average Bonchev–Trinajstić information content (AvgIpc) is 2.39. The highest BCUT2D eigenvalue weighted by Gasteiger charge is 2.16. The lowest BCUT2D eigenvalue weighted by Gasteiger charge is -2.24. The molecule has 1 N–H and O–H groups in total. The normalized spacial score (nSPS) is 15.8. The first-order valence-corrected chi connectivity index (χ1v) is 5.98. The number of aromatic nitrogens is 1. The van der Waals surface area contributed by atoms with Crippen LogP contribution in [0.1, 0.15) is 24.3 Å². The Kier molecular flexibility index (Phi) is 5.86. The molecule has 0 saturated carbocycles. The van der Waals surface area contributed by atoms with E-state index in [2.05, 4.69) is 34.6 Å². The van der Waals surface area contributed by atoms with E-state index >= 15 is 0 Å². The van der Waals surface area contributed by atoms with Crippen molar-refractivity contribution < 1.29 is 0 Å². The van der Waals surface area contributed by atoms with Crippen LogP contribution in [0.5, 0.6) is 0 Å². The lowest BCUT2D eigenvalue weighted by Crippen LogP contribution is -2.26. The van der Waals surface area contributed by atoms with Crippen molar-refractivity contribution in [2.24, 2.45) is 0 Å². The van der Waals surface area contributed by atoms with Crippen molar-refractivity contribution >= 4 is 35.6 Å². The van der Waals surface area contributed by atoms with Crippen LogP contribution < -0.4 is 5.32 Å². The summed E-state index contributed by atoms with van der Waals surface area (Å²) < 4.78 is 0. The fourth-order valence-electron chi connectivity index (χ4n) is 2.64. The van der Waals surface area contributed by atoms with Crippen molar-refractivity contribution in [3.05, 3.63) is 42.2 Å². The third-order valence-electron chi connectivity index (χ3n) is 3.49. The van der Waals surface area contributed by atoms with E-state index in [4.69, 9.17) is 0 Å². The Morgan fingerprint density at radius 2 is 1.83 bits per heavy atom. The average molecular weight is 285 g/mol. The van der Waals surface area contributed by atoms with Gasteiger partial charge in [0, 0.05) is 17.8 Å². The van der Waals surface area contributed by atoms with Gasteiger partial charge in [0.15, 0.2) is 0 Å². The van der Waals surface area contributed by atoms with Gasteiger partial charge in [-0.2, -0.15) is 0 Å². The van der Waals surface area contributed by atoms with Crippen molar-refractivity contribution in [3.63, 3.8) is 0 Å². The third-order valence-corrected chi connectivity index (χ3v) is 3.49. The summed E-state index contributed by atoms with van der Waals surface area (Å²) in [5.74, 6) is 0.715. The van der Waals surface area contributed by atoms with Gasteiger partial charge in [-0.3, -0.25) is 4.98 Å². The van der Waals surface area contributed by atoms with E-state index in [1.54, 1.807) is 0 Å². The number of rotatable bonds is 1. The summed E-state index contributed by atoms with van der Waals surface area (Å²) >= 11 is 0. The molecule has 0 spiro atoms. The molecule has 0 aliphatic carbocycles. The monoisotopic (exact) mass is 284 g/mol. The predicted octanol–water partition coefficient (Wildman–Crippen LogP) is 3.55. The van der Waals surface area contributed by atoms with Gasteiger partial charge in [0.05, 0.1) is 0 Å². The Morgan fingerprint density at radius 1 is 1.06 bits per heavy atom. The Bertz CT molecular complexity index is 491. The van der Waals surface area contributed by atoms with Gasteiger partial charge in [0.1, 0.15) is 0 Å². The number of hydrogen-bond acceptors (Lipinski definition) is 2. The molecule has 98 valence electrons. The number of benzene rings is 1. The second-order valence-electron chi connectivity index (χ2n) is 4.47. The van der Waals surface area contributed by atoms with Crippen molar-refractivity contribution in [1.29, 1.82) is 0 Å². The molecule has 2 nitrogen and oxygen atoms in total. The van der Waals surface area contributed by atoms with Crippen LogP contribution >= 0.6 is 24.8 Å². The van der Waals surface area contributed by atoms with Crippen LogP contribution in [0.2, 0.25) is 0 Å². The minimum absolute atomic E-state index is 0. The Balaban J connectivity index is 0.000000810. The number of halogens is 2. The zero-order valence-electron chi connectivity index (χ0n) is 10.1. The zero-order valence-corrected chi connectivity index (χ0v) is 11.8. The van der Waals surface area contributed by atoms with Gasteiger partial charge in [-0.1, -0.05) is 18.2 Å². The highest BCUT2D eigenvalue weighted by Crippen LogP contribution is 2.30. The molecular formula is C14H18Cl2N2. The second-order valence-corrected chi connectivity index (χ2v) is 4.47. The largest absolute Gasteiger partial charge is 0.317 e. The Morgan fingerprint density at radius 3 is 2.61 bits per heavy atom. The highest BCUT2D eigenvalue weighted by molar-refractivity contribution is 5.86. The maximum Gasteiger partial charge on any atom is 0.0346 e. The van der Waals surface area contributed by atoms with Crippen molar-refractivity contribution in [2.45, 2.75) is 18.8 Å². The van der Waals surface area contributed by atoms with Crippen molar-refractivity contribution in [2.75, 3.05) is 13.1 Å². The van der Waals surface area contributed by atoms with Gasteiger partial charge < -0.3 is 5.32 Å². The first kappa shape index (κ1) is 15.2. The van der Waals surface area contributed by atoms with Crippen LogP contribution in [0.4, 0.5) is 0 Å². The molecule has 4 heteroatoms. The van der Waals surface area contributed by atoms with E-state index in [1.807, 2.05) is 12.4 Å². The molecule has 1 aliphatic rings. The molecule has 0 unspecified atom stereocenters. The quantitative estimate of drug-likeness (QED) is 0.866. The summed E-state index contributed by atoms with van der Waals surface area (Å²) in [5.41, 5.74) is 1.50. The van der Waals surface area contributed by atoms with Crippen LogP contribution in [0.25, 0.3) is 10.8 Å². The molecular weight excluding hydrogens is 267 g/mol. The molecule has 0 amide bonds. The fraction of sp³-hybridized carbons (Fsp3) is 0.357. The maximum atomic E-state index is 4.19. The van der Waals surface area contributed by atoms with Gasteiger partial charge in [-0.25, -0.2) is 0 Å². The van der Waals surface area contributed by atoms with Gasteiger partial charge >= 0.3 is 0 Å². The van der Waals surface area contributed by atoms with Crippen LogP contribution in [0.3, 0.4) is 0 Å². The molecule has 18 heavy (non-hydrogen) atoms. The van der Waals surface area contributed by atoms with E-state index in [-0.39, 0.29) is 24.8 Å². The SMILES string of the molecule is Cl.Cl.c1cc(C2CCNCC2)c2ccncc2c1. The van der Waals surface area contributed by atoms with E-state index in [9.17, 15) is 0 Å². The van der Waals surface area contributed by atoms with Crippen molar-refractivity contribution in [3.8, 4) is 0 Å². The predicted molar refractivity (Wildman–Crippen MR) is 81.1 cm³/mol. The summed E-state index contributed by atoms with van der Waals surface area (Å²) in [4.78, 5) is 4.19. The summed E-state index contributed by atoms with van der Waals surface area (Å²) in [6.07, 6.45) is 6.36. The molecule has 1 aromatic heterocycles. The van der Waals surface area contributed by atoms with E-state index in [0.717, 1.165) is 13.1 Å². The lowest BCUT2D eigenvalue weighted by atomic mass is 9.87. The number of fused-ring (bicyclic) bond motifs is 1. The van der Waals surface area contributed by atoms with Crippen LogP contribution in [0, 0.1) is 0 Å². The molecule has 2 heterocycles. The molecule has 1 fully saturated rings. The molecule has 3 rings (SSSR count).